The highest BCUT2D eigenvalue weighted by Crippen LogP contribution is 2.16. The van der Waals surface area contributed by atoms with E-state index in [1.165, 1.54) is 16.0 Å². The zero-order valence-corrected chi connectivity index (χ0v) is 14.2. The maximum absolute atomic E-state index is 11.7. The number of amides is 1. The van der Waals surface area contributed by atoms with E-state index >= 15 is 0 Å². The van der Waals surface area contributed by atoms with Crippen molar-refractivity contribution in [2.45, 2.75) is 19.9 Å². The zero-order chi connectivity index (χ0) is 16.5. The van der Waals surface area contributed by atoms with E-state index in [0.717, 1.165) is 13.0 Å². The van der Waals surface area contributed by atoms with E-state index in [9.17, 15) is 4.79 Å². The highest BCUT2D eigenvalue weighted by Gasteiger charge is 2.07. The summed E-state index contributed by atoms with van der Waals surface area (Å²) in [6.45, 7) is 3.96. The lowest BCUT2D eigenvalue weighted by molar-refractivity contribution is 0.0926. The van der Waals surface area contributed by atoms with Crippen molar-refractivity contribution < 1.29 is 9.21 Å². The Morgan fingerprint density at radius 1 is 1.17 bits per heavy atom. The van der Waals surface area contributed by atoms with Gasteiger partial charge in [0.25, 0.3) is 5.91 Å². The van der Waals surface area contributed by atoms with Gasteiger partial charge in [0.15, 0.2) is 11.7 Å². The van der Waals surface area contributed by atoms with Crippen LogP contribution >= 0.6 is 11.3 Å². The number of carbonyl (C=O) groups is 1. The van der Waals surface area contributed by atoms with E-state index in [1.54, 1.807) is 30.5 Å². The van der Waals surface area contributed by atoms with E-state index in [0.29, 0.717) is 24.8 Å². The highest BCUT2D eigenvalue weighted by molar-refractivity contribution is 7.11. The normalized spacial score (nSPS) is 11.3. The molecule has 2 aromatic heterocycles. The molecule has 2 heterocycles. The molecule has 2 rings (SSSR count). The predicted molar refractivity (Wildman–Crippen MR) is 92.9 cm³/mol. The molecule has 0 spiro atoms. The van der Waals surface area contributed by atoms with E-state index in [1.807, 2.05) is 0 Å². The smallest absolute Gasteiger partial charge is 0.287 e. The third-order valence-electron chi connectivity index (χ3n) is 3.17. The minimum absolute atomic E-state index is 0.217. The maximum Gasteiger partial charge on any atom is 0.287 e. The van der Waals surface area contributed by atoms with Gasteiger partial charge in [-0.2, -0.15) is 0 Å². The molecule has 0 aromatic carbocycles. The fourth-order valence-corrected chi connectivity index (χ4v) is 2.85. The monoisotopic (exact) mass is 334 g/mol. The van der Waals surface area contributed by atoms with Crippen LogP contribution in [0.3, 0.4) is 0 Å². The third-order valence-corrected chi connectivity index (χ3v) is 4.40. The summed E-state index contributed by atoms with van der Waals surface area (Å²) in [6, 6.07) is 7.61. The van der Waals surface area contributed by atoms with Crippen LogP contribution in [0.5, 0.6) is 0 Å². The van der Waals surface area contributed by atoms with Crippen molar-refractivity contribution in [2.24, 2.45) is 4.99 Å². The number of aliphatic imine (C=N–C) groups is 1. The molecule has 6 nitrogen and oxygen atoms in total. The lowest BCUT2D eigenvalue weighted by Crippen LogP contribution is -2.41. The predicted octanol–water partition coefficient (Wildman–Crippen LogP) is 2.00. The van der Waals surface area contributed by atoms with E-state index in [4.69, 9.17) is 4.42 Å². The zero-order valence-electron chi connectivity index (χ0n) is 13.4. The van der Waals surface area contributed by atoms with Crippen molar-refractivity contribution in [3.63, 3.8) is 0 Å². The number of thiophene rings is 1. The summed E-state index contributed by atoms with van der Waals surface area (Å²) < 4.78 is 5.03. The average molecular weight is 334 g/mol. The highest BCUT2D eigenvalue weighted by atomic mass is 32.1. The maximum atomic E-state index is 11.7. The second kappa shape index (κ2) is 8.99. The molecule has 0 unspecified atom stereocenters. The Labute approximate surface area is 140 Å². The molecule has 0 atom stereocenters. The van der Waals surface area contributed by atoms with Crippen molar-refractivity contribution in [3.05, 3.63) is 46.0 Å². The van der Waals surface area contributed by atoms with Crippen LogP contribution in [0.15, 0.2) is 39.9 Å². The lowest BCUT2D eigenvalue weighted by Gasteiger charge is -2.11. The van der Waals surface area contributed by atoms with E-state index < -0.39 is 0 Å². The molecule has 124 valence electrons. The molecule has 2 aromatic rings. The average Bonchev–Trinajstić information content (AvgIpc) is 3.25. The number of guanidine groups is 1. The van der Waals surface area contributed by atoms with Crippen molar-refractivity contribution in [2.75, 3.05) is 20.1 Å². The SMILES string of the molecule is CCc1ccc(CNC(=NC)NCCNC(=O)c2ccco2)s1. The van der Waals surface area contributed by atoms with Gasteiger partial charge in [-0.3, -0.25) is 9.79 Å². The van der Waals surface area contributed by atoms with Crippen LogP contribution in [-0.4, -0.2) is 32.0 Å². The van der Waals surface area contributed by atoms with Gasteiger partial charge >= 0.3 is 0 Å². The number of rotatable bonds is 7. The van der Waals surface area contributed by atoms with Crippen LogP contribution in [0, 0.1) is 0 Å². The van der Waals surface area contributed by atoms with Gasteiger partial charge in [-0.05, 0) is 30.7 Å². The number of carbonyl (C=O) groups excluding carboxylic acids is 1. The molecule has 23 heavy (non-hydrogen) atoms. The van der Waals surface area contributed by atoms with Crippen LogP contribution in [0.2, 0.25) is 0 Å². The van der Waals surface area contributed by atoms with Gasteiger partial charge in [0, 0.05) is 29.9 Å². The molecular weight excluding hydrogens is 312 g/mol. The molecule has 0 fully saturated rings. The minimum Gasteiger partial charge on any atom is -0.459 e. The minimum atomic E-state index is -0.217. The number of hydrogen-bond donors (Lipinski definition) is 3. The van der Waals surface area contributed by atoms with Crippen LogP contribution in [-0.2, 0) is 13.0 Å². The third kappa shape index (κ3) is 5.45. The Morgan fingerprint density at radius 2 is 1.96 bits per heavy atom. The van der Waals surface area contributed by atoms with Gasteiger partial charge in [0.05, 0.1) is 12.8 Å². The summed E-state index contributed by atoms with van der Waals surface area (Å²) in [6.07, 6.45) is 2.54. The molecular formula is C16H22N4O2S. The van der Waals surface area contributed by atoms with Gasteiger partial charge in [-0.15, -0.1) is 11.3 Å². The van der Waals surface area contributed by atoms with Crippen molar-refractivity contribution in [1.29, 1.82) is 0 Å². The Morgan fingerprint density at radius 3 is 2.61 bits per heavy atom. The van der Waals surface area contributed by atoms with Gasteiger partial charge in [0.1, 0.15) is 0 Å². The summed E-state index contributed by atoms with van der Waals surface area (Å²) in [7, 11) is 1.72. The molecule has 0 bridgehead atoms. The molecule has 0 aliphatic rings. The summed E-state index contributed by atoms with van der Waals surface area (Å²) >= 11 is 1.80. The first-order valence-corrected chi connectivity index (χ1v) is 8.38. The fourth-order valence-electron chi connectivity index (χ4n) is 1.95. The molecule has 0 saturated heterocycles. The van der Waals surface area contributed by atoms with Gasteiger partial charge < -0.3 is 20.4 Å². The van der Waals surface area contributed by atoms with Crippen molar-refractivity contribution in [1.82, 2.24) is 16.0 Å². The van der Waals surface area contributed by atoms with Gasteiger partial charge in [-0.25, -0.2) is 0 Å². The summed E-state index contributed by atoms with van der Waals surface area (Å²) in [5.41, 5.74) is 0. The molecule has 7 heteroatoms. The molecule has 3 N–H and O–H groups in total. The summed E-state index contributed by atoms with van der Waals surface area (Å²) in [4.78, 5) is 18.5. The van der Waals surface area contributed by atoms with Crippen LogP contribution in [0.4, 0.5) is 0 Å². The topological polar surface area (TPSA) is 78.7 Å². The molecule has 0 aliphatic carbocycles. The number of aryl methyl sites for hydroxylation is 1. The molecule has 1 amide bonds. The first-order chi connectivity index (χ1) is 11.2. The van der Waals surface area contributed by atoms with E-state index in [-0.39, 0.29) is 5.91 Å². The first kappa shape index (κ1) is 17.1. The number of furan rings is 1. The Hall–Kier alpha value is -2.28. The van der Waals surface area contributed by atoms with Crippen LogP contribution in [0.1, 0.15) is 27.2 Å². The van der Waals surface area contributed by atoms with Crippen molar-refractivity contribution in [3.8, 4) is 0 Å². The molecule has 0 radical (unpaired) electrons. The Balaban J connectivity index is 1.66. The van der Waals surface area contributed by atoms with E-state index in [2.05, 4.69) is 40.0 Å². The lowest BCUT2D eigenvalue weighted by atomic mass is 10.4. The van der Waals surface area contributed by atoms with Gasteiger partial charge in [0.2, 0.25) is 0 Å². The first-order valence-electron chi connectivity index (χ1n) is 7.56. The van der Waals surface area contributed by atoms with Crippen molar-refractivity contribution >= 4 is 23.2 Å². The van der Waals surface area contributed by atoms with Gasteiger partial charge in [-0.1, -0.05) is 6.92 Å². The Bertz CT molecular complexity index is 634. The van der Waals surface area contributed by atoms with Crippen LogP contribution in [0.25, 0.3) is 0 Å². The largest absolute Gasteiger partial charge is 0.459 e. The van der Waals surface area contributed by atoms with Crippen LogP contribution < -0.4 is 16.0 Å². The molecule has 0 saturated carbocycles. The molecule has 0 aliphatic heterocycles. The number of hydrogen-bond acceptors (Lipinski definition) is 4. The quantitative estimate of drug-likeness (QED) is 0.411. The summed E-state index contributed by atoms with van der Waals surface area (Å²) in [5.74, 6) is 0.811. The number of nitrogens with zero attached hydrogens (tertiary/aromatic N) is 1. The second-order valence-corrected chi connectivity index (χ2v) is 6.06. The number of nitrogens with one attached hydrogen (secondary N) is 3. The standard InChI is InChI=1S/C16H22N4O2S/c1-3-12-6-7-13(23-12)11-20-16(17-2)19-9-8-18-15(21)14-5-4-10-22-14/h4-7,10H,3,8-9,11H2,1-2H3,(H,18,21)(H2,17,19,20). The second-order valence-electron chi connectivity index (χ2n) is 4.81. The summed E-state index contributed by atoms with van der Waals surface area (Å²) in [5, 5.41) is 9.19. The fraction of sp³-hybridized carbons (Fsp3) is 0.375. The Kier molecular flexibility index (Phi) is 6.68.